The molecule has 22 heavy (non-hydrogen) atoms. The maximum Gasteiger partial charge on any atom is 0.401 e. The van der Waals surface area contributed by atoms with E-state index in [-0.39, 0.29) is 5.92 Å². The second-order valence-electron chi connectivity index (χ2n) is 5.97. The molecule has 0 radical (unpaired) electrons. The highest BCUT2D eigenvalue weighted by atomic mass is 19.4. The molecule has 1 aliphatic rings. The van der Waals surface area contributed by atoms with Gasteiger partial charge in [0.1, 0.15) is 0 Å². The van der Waals surface area contributed by atoms with Gasteiger partial charge in [-0.3, -0.25) is 9.89 Å². The lowest BCUT2D eigenvalue weighted by molar-refractivity contribution is -0.143. The first-order valence-corrected chi connectivity index (χ1v) is 8.14. The number of guanidine groups is 1. The second-order valence-corrected chi connectivity index (χ2v) is 5.97. The first-order valence-electron chi connectivity index (χ1n) is 8.14. The Morgan fingerprint density at radius 1 is 1.36 bits per heavy atom. The fraction of sp³-hybridized carbons (Fsp3) is 0.933. The summed E-state index contributed by atoms with van der Waals surface area (Å²) in [7, 11) is 2.00. The Balaban J connectivity index is 2.46. The van der Waals surface area contributed by atoms with Gasteiger partial charge in [-0.05, 0) is 32.2 Å². The summed E-state index contributed by atoms with van der Waals surface area (Å²) in [6.07, 6.45) is -1.09. The van der Waals surface area contributed by atoms with Crippen molar-refractivity contribution in [3.8, 4) is 0 Å². The normalized spacial score (nSPS) is 20.5. The van der Waals surface area contributed by atoms with Gasteiger partial charge < -0.3 is 10.2 Å². The van der Waals surface area contributed by atoms with Gasteiger partial charge in [-0.25, -0.2) is 0 Å². The highest BCUT2D eigenvalue weighted by molar-refractivity contribution is 5.79. The summed E-state index contributed by atoms with van der Waals surface area (Å²) in [5.74, 6) is 1.07. The zero-order valence-electron chi connectivity index (χ0n) is 13.9. The number of aliphatic imine (C=N–C) groups is 1. The van der Waals surface area contributed by atoms with Crippen molar-refractivity contribution >= 4 is 5.96 Å². The molecule has 1 unspecified atom stereocenters. The smallest absolute Gasteiger partial charge is 0.357 e. The van der Waals surface area contributed by atoms with Gasteiger partial charge in [0.25, 0.3) is 0 Å². The van der Waals surface area contributed by atoms with E-state index in [2.05, 4.69) is 22.1 Å². The van der Waals surface area contributed by atoms with Crippen LogP contribution in [0.2, 0.25) is 0 Å². The lowest BCUT2D eigenvalue weighted by Gasteiger charge is -2.22. The third-order valence-electron chi connectivity index (χ3n) is 3.82. The Morgan fingerprint density at radius 3 is 2.68 bits per heavy atom. The summed E-state index contributed by atoms with van der Waals surface area (Å²) < 4.78 is 37.2. The lowest BCUT2D eigenvalue weighted by Crippen LogP contribution is -2.39. The van der Waals surface area contributed by atoms with Gasteiger partial charge in [-0.2, -0.15) is 13.2 Å². The van der Waals surface area contributed by atoms with Gasteiger partial charge in [0.05, 0.1) is 6.54 Å². The quantitative estimate of drug-likeness (QED) is 0.577. The van der Waals surface area contributed by atoms with E-state index in [1.165, 1.54) is 4.90 Å². The van der Waals surface area contributed by atoms with Crippen LogP contribution in [-0.4, -0.2) is 68.3 Å². The second kappa shape index (κ2) is 9.22. The predicted molar refractivity (Wildman–Crippen MR) is 84.1 cm³/mol. The molecule has 0 saturated carbocycles. The van der Waals surface area contributed by atoms with Crippen LogP contribution in [0, 0.1) is 5.92 Å². The number of hydrogen-bond acceptors (Lipinski definition) is 2. The fourth-order valence-electron chi connectivity index (χ4n) is 2.65. The molecule has 1 rings (SSSR count). The highest BCUT2D eigenvalue weighted by Crippen LogP contribution is 2.22. The number of likely N-dealkylation sites (tertiary alicyclic amines) is 1. The van der Waals surface area contributed by atoms with Crippen LogP contribution in [-0.2, 0) is 0 Å². The van der Waals surface area contributed by atoms with Gasteiger partial charge in [0.2, 0.25) is 0 Å². The van der Waals surface area contributed by atoms with E-state index < -0.39 is 12.7 Å². The summed E-state index contributed by atoms with van der Waals surface area (Å²) in [6, 6.07) is 0. The number of nitrogens with zero attached hydrogens (tertiary/aromatic N) is 3. The fourth-order valence-corrected chi connectivity index (χ4v) is 2.65. The summed E-state index contributed by atoms with van der Waals surface area (Å²) in [5.41, 5.74) is 0. The molecule has 1 N–H and O–H groups in total. The van der Waals surface area contributed by atoms with Crippen molar-refractivity contribution in [1.82, 2.24) is 15.1 Å². The monoisotopic (exact) mass is 322 g/mol. The van der Waals surface area contributed by atoms with Crippen LogP contribution in [0.1, 0.15) is 33.1 Å². The minimum absolute atomic E-state index is 0.218. The number of alkyl halides is 3. The molecule has 1 fully saturated rings. The SMILES string of the molecule is CCCCN(C)C(=NCC1CCN(CC(F)(F)F)C1)NCC. The Hall–Kier alpha value is -0.980. The van der Waals surface area contributed by atoms with Crippen molar-refractivity contribution in [3.05, 3.63) is 0 Å². The maximum absolute atomic E-state index is 12.4. The molecule has 130 valence electrons. The van der Waals surface area contributed by atoms with E-state index in [1.54, 1.807) is 0 Å². The molecule has 1 saturated heterocycles. The minimum Gasteiger partial charge on any atom is -0.357 e. The number of hydrogen-bond donors (Lipinski definition) is 1. The Bertz CT molecular complexity index is 344. The minimum atomic E-state index is -4.10. The van der Waals surface area contributed by atoms with Crippen molar-refractivity contribution in [2.24, 2.45) is 10.9 Å². The first-order chi connectivity index (χ1) is 10.4. The Kier molecular flexibility index (Phi) is 8.00. The molecule has 0 amide bonds. The Morgan fingerprint density at radius 2 is 2.09 bits per heavy atom. The number of nitrogens with one attached hydrogen (secondary N) is 1. The average Bonchev–Trinajstić information content (AvgIpc) is 2.86. The summed E-state index contributed by atoms with van der Waals surface area (Å²) in [5, 5.41) is 3.25. The van der Waals surface area contributed by atoms with E-state index in [0.717, 1.165) is 38.3 Å². The van der Waals surface area contributed by atoms with E-state index in [0.29, 0.717) is 19.6 Å². The first kappa shape index (κ1) is 19.1. The molecule has 0 aromatic carbocycles. The molecule has 7 heteroatoms. The van der Waals surface area contributed by atoms with Gasteiger partial charge >= 0.3 is 6.18 Å². The van der Waals surface area contributed by atoms with Crippen LogP contribution in [0.3, 0.4) is 0 Å². The molecule has 0 spiro atoms. The molecule has 0 aliphatic carbocycles. The van der Waals surface area contributed by atoms with E-state index in [9.17, 15) is 13.2 Å². The number of rotatable bonds is 7. The standard InChI is InChI=1S/C15H29F3N4/c1-4-6-8-21(3)14(19-5-2)20-10-13-7-9-22(11-13)12-15(16,17)18/h13H,4-12H2,1-3H3,(H,19,20). The van der Waals surface area contributed by atoms with Crippen molar-refractivity contribution in [2.75, 3.05) is 46.3 Å². The van der Waals surface area contributed by atoms with Crippen molar-refractivity contribution in [3.63, 3.8) is 0 Å². The molecule has 0 bridgehead atoms. The van der Waals surface area contributed by atoms with E-state index in [4.69, 9.17) is 0 Å². The van der Waals surface area contributed by atoms with Crippen LogP contribution in [0.25, 0.3) is 0 Å². The Labute approximate surface area is 131 Å². The molecule has 1 heterocycles. The molecular formula is C15H29F3N4. The van der Waals surface area contributed by atoms with Gasteiger partial charge in [-0.1, -0.05) is 13.3 Å². The van der Waals surface area contributed by atoms with Crippen molar-refractivity contribution < 1.29 is 13.2 Å². The van der Waals surface area contributed by atoms with Crippen molar-refractivity contribution in [2.45, 2.75) is 39.3 Å². The van der Waals surface area contributed by atoms with Gasteiger partial charge in [-0.15, -0.1) is 0 Å². The maximum atomic E-state index is 12.4. The van der Waals surface area contributed by atoms with Gasteiger partial charge in [0, 0.05) is 33.2 Å². The third-order valence-corrected chi connectivity index (χ3v) is 3.82. The molecule has 1 atom stereocenters. The third kappa shape index (κ3) is 7.33. The number of halogens is 3. The zero-order chi connectivity index (χ0) is 16.6. The molecule has 0 aromatic heterocycles. The van der Waals surface area contributed by atoms with Crippen LogP contribution in [0.4, 0.5) is 13.2 Å². The van der Waals surface area contributed by atoms with Crippen LogP contribution in [0.5, 0.6) is 0 Å². The molecule has 0 aromatic rings. The molecule has 4 nitrogen and oxygen atoms in total. The van der Waals surface area contributed by atoms with Crippen molar-refractivity contribution in [1.29, 1.82) is 0 Å². The number of unbranched alkanes of at least 4 members (excludes halogenated alkanes) is 1. The molecule has 1 aliphatic heterocycles. The average molecular weight is 322 g/mol. The van der Waals surface area contributed by atoms with E-state index >= 15 is 0 Å². The van der Waals surface area contributed by atoms with E-state index in [1.807, 2.05) is 14.0 Å². The topological polar surface area (TPSA) is 30.9 Å². The lowest BCUT2D eigenvalue weighted by atomic mass is 10.1. The van der Waals surface area contributed by atoms with Gasteiger partial charge in [0.15, 0.2) is 5.96 Å². The summed E-state index contributed by atoms with van der Waals surface area (Å²) in [6.45, 7) is 6.68. The van der Waals surface area contributed by atoms with Crippen LogP contribution >= 0.6 is 0 Å². The summed E-state index contributed by atoms with van der Waals surface area (Å²) in [4.78, 5) is 8.18. The van der Waals surface area contributed by atoms with Crippen LogP contribution < -0.4 is 5.32 Å². The van der Waals surface area contributed by atoms with Crippen LogP contribution in [0.15, 0.2) is 4.99 Å². The predicted octanol–water partition coefficient (Wildman–Crippen LogP) is 2.57. The highest BCUT2D eigenvalue weighted by Gasteiger charge is 2.34. The summed E-state index contributed by atoms with van der Waals surface area (Å²) >= 11 is 0. The molecular weight excluding hydrogens is 293 g/mol. The largest absolute Gasteiger partial charge is 0.401 e. The zero-order valence-corrected chi connectivity index (χ0v) is 13.9.